The van der Waals surface area contributed by atoms with Gasteiger partial charge in [-0.25, -0.2) is 0 Å². The number of benzene rings is 1. The number of aliphatic carboxylic acids is 1. The van der Waals surface area contributed by atoms with Crippen molar-refractivity contribution in [1.29, 1.82) is 0 Å². The maximum Gasteiger partial charge on any atom is 0.303 e. The number of ether oxygens (including phenoxy) is 1. The summed E-state index contributed by atoms with van der Waals surface area (Å²) in [5.41, 5.74) is 0.873. The average Bonchev–Trinajstić information content (AvgIpc) is 2.69. The lowest BCUT2D eigenvalue weighted by atomic mass is 9.94. The van der Waals surface area contributed by atoms with Crippen molar-refractivity contribution in [2.75, 3.05) is 6.61 Å². The van der Waals surface area contributed by atoms with Crippen LogP contribution in [0.2, 0.25) is 0 Å². The molecule has 84 valence electrons. The van der Waals surface area contributed by atoms with E-state index in [4.69, 9.17) is 9.84 Å². The zero-order valence-electron chi connectivity index (χ0n) is 8.68. The van der Waals surface area contributed by atoms with E-state index in [1.54, 1.807) is 0 Å². The maximum absolute atomic E-state index is 11.8. The van der Waals surface area contributed by atoms with E-state index in [9.17, 15) is 9.59 Å². The minimum Gasteiger partial charge on any atom is -0.492 e. The zero-order chi connectivity index (χ0) is 11.5. The molecule has 16 heavy (non-hydrogen) atoms. The van der Waals surface area contributed by atoms with Crippen molar-refractivity contribution < 1.29 is 19.4 Å². The summed E-state index contributed by atoms with van der Waals surface area (Å²) < 4.78 is 5.37. The number of carbonyl (C=O) groups is 2. The first-order valence-corrected chi connectivity index (χ1v) is 5.14. The lowest BCUT2D eigenvalue weighted by Crippen LogP contribution is -2.15. The van der Waals surface area contributed by atoms with Crippen molar-refractivity contribution in [3.05, 3.63) is 29.8 Å². The van der Waals surface area contributed by atoms with Gasteiger partial charge in [-0.2, -0.15) is 0 Å². The van der Waals surface area contributed by atoms with Crippen LogP contribution in [0.1, 0.15) is 24.3 Å². The molecule has 0 radical (unpaired) electrons. The molecule has 0 fully saturated rings. The number of fused-ring (bicyclic) bond motifs is 1. The van der Waals surface area contributed by atoms with Gasteiger partial charge in [-0.05, 0) is 6.07 Å². The molecule has 1 N–H and O–H groups in total. The summed E-state index contributed by atoms with van der Waals surface area (Å²) in [6.07, 6.45) is -0.0464. The largest absolute Gasteiger partial charge is 0.492 e. The molecule has 0 aromatic heterocycles. The SMILES string of the molecule is O=C(O)CCC(=O)C1COc2ccccc21. The molecule has 1 aliphatic rings. The average molecular weight is 220 g/mol. The maximum atomic E-state index is 11.8. The number of hydrogen-bond donors (Lipinski definition) is 1. The summed E-state index contributed by atoms with van der Waals surface area (Å²) in [4.78, 5) is 22.1. The van der Waals surface area contributed by atoms with E-state index < -0.39 is 5.97 Å². The topological polar surface area (TPSA) is 63.6 Å². The van der Waals surface area contributed by atoms with Gasteiger partial charge in [0.2, 0.25) is 0 Å². The Bertz CT molecular complexity index is 425. The van der Waals surface area contributed by atoms with Crippen LogP contribution in [0, 0.1) is 0 Å². The van der Waals surface area contributed by atoms with E-state index in [-0.39, 0.29) is 24.5 Å². The monoisotopic (exact) mass is 220 g/mol. The van der Waals surface area contributed by atoms with Crippen LogP contribution in [-0.2, 0) is 9.59 Å². The third-order valence-corrected chi connectivity index (χ3v) is 2.67. The summed E-state index contributed by atoms with van der Waals surface area (Å²) in [7, 11) is 0. The molecule has 0 aliphatic carbocycles. The van der Waals surface area contributed by atoms with E-state index in [1.807, 2.05) is 24.3 Å². The fourth-order valence-electron chi connectivity index (χ4n) is 1.83. The van der Waals surface area contributed by atoms with Crippen molar-refractivity contribution in [2.24, 2.45) is 0 Å². The molecule has 1 aromatic carbocycles. The van der Waals surface area contributed by atoms with E-state index in [1.165, 1.54) is 0 Å². The second-order valence-electron chi connectivity index (χ2n) is 3.76. The van der Waals surface area contributed by atoms with Gasteiger partial charge in [-0.15, -0.1) is 0 Å². The van der Waals surface area contributed by atoms with Gasteiger partial charge < -0.3 is 9.84 Å². The van der Waals surface area contributed by atoms with Crippen molar-refractivity contribution in [3.8, 4) is 5.75 Å². The van der Waals surface area contributed by atoms with Gasteiger partial charge >= 0.3 is 5.97 Å². The normalized spacial score (nSPS) is 17.6. The lowest BCUT2D eigenvalue weighted by molar-refractivity contribution is -0.138. The standard InChI is InChI=1S/C12H12O4/c13-10(5-6-12(14)15)9-7-16-11-4-2-1-3-8(9)11/h1-4,9H,5-7H2,(H,14,15). The number of ketones is 1. The molecular weight excluding hydrogens is 208 g/mol. The highest BCUT2D eigenvalue weighted by molar-refractivity contribution is 5.89. The van der Waals surface area contributed by atoms with E-state index in [0.717, 1.165) is 11.3 Å². The van der Waals surface area contributed by atoms with Crippen molar-refractivity contribution in [3.63, 3.8) is 0 Å². The second kappa shape index (κ2) is 4.35. The Morgan fingerprint density at radius 1 is 1.31 bits per heavy atom. The first kappa shape index (κ1) is 10.7. The van der Waals surface area contributed by atoms with Crippen LogP contribution in [-0.4, -0.2) is 23.5 Å². The molecule has 1 atom stereocenters. The fourth-order valence-corrected chi connectivity index (χ4v) is 1.83. The van der Waals surface area contributed by atoms with Crippen LogP contribution in [0.5, 0.6) is 5.75 Å². The Kier molecular flexibility index (Phi) is 2.90. The molecule has 1 heterocycles. The predicted octanol–water partition coefficient (Wildman–Crippen LogP) is 1.60. The molecule has 0 bridgehead atoms. The first-order chi connectivity index (χ1) is 7.68. The summed E-state index contributed by atoms with van der Waals surface area (Å²) >= 11 is 0. The van der Waals surface area contributed by atoms with Crippen LogP contribution in [0.25, 0.3) is 0 Å². The minimum absolute atomic E-state index is 0.0626. The Morgan fingerprint density at radius 3 is 2.81 bits per heavy atom. The third kappa shape index (κ3) is 2.05. The minimum atomic E-state index is -0.944. The molecule has 0 spiro atoms. The number of carboxylic acid groups (broad SMARTS) is 1. The first-order valence-electron chi connectivity index (χ1n) is 5.14. The van der Waals surface area contributed by atoms with Gasteiger partial charge in [0.1, 0.15) is 18.1 Å². The number of carbonyl (C=O) groups excluding carboxylic acids is 1. The Morgan fingerprint density at radius 2 is 2.06 bits per heavy atom. The van der Waals surface area contributed by atoms with E-state index >= 15 is 0 Å². The van der Waals surface area contributed by atoms with Crippen LogP contribution >= 0.6 is 0 Å². The molecule has 1 aromatic rings. The summed E-state index contributed by atoms with van der Waals surface area (Å²) in [5.74, 6) is -0.570. The summed E-state index contributed by atoms with van der Waals surface area (Å²) in [6, 6.07) is 7.37. The van der Waals surface area contributed by atoms with Crippen LogP contribution in [0.15, 0.2) is 24.3 Å². The van der Waals surface area contributed by atoms with Gasteiger partial charge in [0.25, 0.3) is 0 Å². The Labute approximate surface area is 92.8 Å². The number of rotatable bonds is 4. The van der Waals surface area contributed by atoms with Gasteiger partial charge in [-0.3, -0.25) is 9.59 Å². The molecule has 4 nitrogen and oxygen atoms in total. The molecule has 4 heteroatoms. The molecule has 0 saturated carbocycles. The second-order valence-corrected chi connectivity index (χ2v) is 3.76. The predicted molar refractivity (Wildman–Crippen MR) is 56.6 cm³/mol. The Balaban J connectivity index is 2.07. The zero-order valence-corrected chi connectivity index (χ0v) is 8.68. The number of Topliss-reactive ketones (excluding diaryl/α,β-unsaturated/α-hetero) is 1. The van der Waals surface area contributed by atoms with Gasteiger partial charge in [-0.1, -0.05) is 18.2 Å². The fraction of sp³-hybridized carbons (Fsp3) is 0.333. The van der Waals surface area contributed by atoms with Gasteiger partial charge in [0, 0.05) is 12.0 Å². The van der Waals surface area contributed by atoms with Crippen LogP contribution in [0.4, 0.5) is 0 Å². The smallest absolute Gasteiger partial charge is 0.303 e. The molecular formula is C12H12O4. The number of hydrogen-bond acceptors (Lipinski definition) is 3. The quantitative estimate of drug-likeness (QED) is 0.837. The summed E-state index contributed by atoms with van der Waals surface area (Å²) in [5, 5.41) is 8.52. The molecule has 0 amide bonds. The van der Waals surface area contributed by atoms with E-state index in [0.29, 0.717) is 6.61 Å². The summed E-state index contributed by atoms with van der Waals surface area (Å²) in [6.45, 7) is 0.331. The van der Waals surface area contributed by atoms with Crippen LogP contribution in [0.3, 0.4) is 0 Å². The molecule has 1 unspecified atom stereocenters. The van der Waals surface area contributed by atoms with Crippen LogP contribution < -0.4 is 4.74 Å². The van der Waals surface area contributed by atoms with E-state index in [2.05, 4.69) is 0 Å². The van der Waals surface area contributed by atoms with Gasteiger partial charge in [0.05, 0.1) is 12.3 Å². The number of carboxylic acids is 1. The molecule has 0 saturated heterocycles. The number of para-hydroxylation sites is 1. The lowest BCUT2D eigenvalue weighted by Gasteiger charge is -2.05. The molecule has 1 aliphatic heterocycles. The van der Waals surface area contributed by atoms with Crippen molar-refractivity contribution in [1.82, 2.24) is 0 Å². The van der Waals surface area contributed by atoms with Crippen molar-refractivity contribution >= 4 is 11.8 Å². The third-order valence-electron chi connectivity index (χ3n) is 2.67. The highest BCUT2D eigenvalue weighted by Crippen LogP contribution is 2.34. The van der Waals surface area contributed by atoms with Crippen molar-refractivity contribution in [2.45, 2.75) is 18.8 Å². The highest BCUT2D eigenvalue weighted by atomic mass is 16.5. The molecule has 2 rings (SSSR count). The van der Waals surface area contributed by atoms with Gasteiger partial charge in [0.15, 0.2) is 0 Å². The Hall–Kier alpha value is -1.84. The highest BCUT2D eigenvalue weighted by Gasteiger charge is 2.29.